The third-order valence-corrected chi connectivity index (χ3v) is 6.21. The summed E-state index contributed by atoms with van der Waals surface area (Å²) < 4.78 is 32.5. The van der Waals surface area contributed by atoms with Gasteiger partial charge >= 0.3 is 0 Å². The molecule has 0 aromatic heterocycles. The number of nitrogens with zero attached hydrogens (tertiary/aromatic N) is 1. The van der Waals surface area contributed by atoms with Gasteiger partial charge in [-0.2, -0.15) is 4.31 Å². The highest BCUT2D eigenvalue weighted by Gasteiger charge is 2.35. The average molecular weight is 290 g/mol. The molecule has 2 rings (SSSR count). The normalized spacial score (nSPS) is 31.5. The molecule has 112 valence electrons. The second-order valence-corrected chi connectivity index (χ2v) is 7.71. The van der Waals surface area contributed by atoms with E-state index >= 15 is 0 Å². The van der Waals surface area contributed by atoms with Crippen molar-refractivity contribution >= 4 is 10.0 Å². The molecule has 5 nitrogen and oxygen atoms in total. The number of hydrogen-bond donors (Lipinski definition) is 1. The first-order chi connectivity index (χ1) is 9.03. The highest BCUT2D eigenvalue weighted by molar-refractivity contribution is 7.89. The van der Waals surface area contributed by atoms with E-state index in [-0.39, 0.29) is 12.1 Å². The van der Waals surface area contributed by atoms with Crippen LogP contribution in [0.4, 0.5) is 0 Å². The fraction of sp³-hybridized carbons (Fsp3) is 1.00. The Balaban J connectivity index is 2.03. The second-order valence-electron chi connectivity index (χ2n) is 5.75. The molecule has 0 aromatic rings. The Hall–Kier alpha value is -0.170. The van der Waals surface area contributed by atoms with Crippen LogP contribution in [0.3, 0.4) is 0 Å². The number of piperidine rings is 1. The van der Waals surface area contributed by atoms with E-state index in [4.69, 9.17) is 4.74 Å². The summed E-state index contributed by atoms with van der Waals surface area (Å²) in [5.74, 6) is 0.611. The standard InChI is InChI=1S/C13H26N2O3S/c1-3-13-9-18-11(2)8-15(13)19(16,17)10-12-4-6-14-7-5-12/h11-14H,3-10H2,1-2H3. The number of hydrogen-bond acceptors (Lipinski definition) is 4. The molecule has 2 atom stereocenters. The number of ether oxygens (including phenoxy) is 1. The Kier molecular flexibility index (Phi) is 5.22. The lowest BCUT2D eigenvalue weighted by atomic mass is 10.0. The molecule has 0 radical (unpaired) electrons. The minimum Gasteiger partial charge on any atom is -0.375 e. The molecule has 2 unspecified atom stereocenters. The van der Waals surface area contributed by atoms with E-state index in [1.807, 2.05) is 13.8 Å². The zero-order valence-corrected chi connectivity index (χ0v) is 12.8. The fourth-order valence-electron chi connectivity index (χ4n) is 2.92. The van der Waals surface area contributed by atoms with E-state index in [2.05, 4.69) is 5.32 Å². The predicted octanol–water partition coefficient (Wildman–Crippen LogP) is 0.815. The van der Waals surface area contributed by atoms with Gasteiger partial charge in [0.2, 0.25) is 10.0 Å². The van der Waals surface area contributed by atoms with Gasteiger partial charge in [-0.05, 0) is 45.2 Å². The first-order valence-electron chi connectivity index (χ1n) is 7.34. The maximum Gasteiger partial charge on any atom is 0.214 e. The van der Waals surface area contributed by atoms with Gasteiger partial charge in [-0.3, -0.25) is 0 Å². The van der Waals surface area contributed by atoms with Gasteiger partial charge in [-0.1, -0.05) is 6.92 Å². The quantitative estimate of drug-likeness (QED) is 0.832. The van der Waals surface area contributed by atoms with Crippen molar-refractivity contribution in [2.45, 2.75) is 45.3 Å². The van der Waals surface area contributed by atoms with Gasteiger partial charge in [-0.25, -0.2) is 8.42 Å². The van der Waals surface area contributed by atoms with Crippen LogP contribution in [-0.4, -0.2) is 56.9 Å². The van der Waals surface area contributed by atoms with E-state index in [0.717, 1.165) is 32.4 Å². The predicted molar refractivity (Wildman–Crippen MR) is 75.6 cm³/mol. The molecule has 0 aromatic carbocycles. The Morgan fingerprint density at radius 1 is 1.32 bits per heavy atom. The van der Waals surface area contributed by atoms with Gasteiger partial charge in [0, 0.05) is 12.6 Å². The van der Waals surface area contributed by atoms with Crippen molar-refractivity contribution in [1.29, 1.82) is 0 Å². The largest absolute Gasteiger partial charge is 0.375 e. The number of rotatable bonds is 4. The van der Waals surface area contributed by atoms with Gasteiger partial charge in [0.05, 0.1) is 18.5 Å². The Morgan fingerprint density at radius 2 is 2.00 bits per heavy atom. The van der Waals surface area contributed by atoms with Gasteiger partial charge in [0.25, 0.3) is 0 Å². The molecule has 1 N–H and O–H groups in total. The summed E-state index contributed by atoms with van der Waals surface area (Å²) in [5, 5.41) is 3.28. The van der Waals surface area contributed by atoms with E-state index in [1.165, 1.54) is 0 Å². The van der Waals surface area contributed by atoms with Crippen molar-refractivity contribution in [3.63, 3.8) is 0 Å². The monoisotopic (exact) mass is 290 g/mol. The Bertz CT molecular complexity index is 379. The third-order valence-electron chi connectivity index (χ3n) is 4.15. The summed E-state index contributed by atoms with van der Waals surface area (Å²) in [6, 6.07) is 0.0166. The SMILES string of the molecule is CCC1COC(C)CN1S(=O)(=O)CC1CCNCC1. The van der Waals surface area contributed by atoms with Crippen LogP contribution in [0, 0.1) is 5.92 Å². The zero-order valence-electron chi connectivity index (χ0n) is 12.0. The van der Waals surface area contributed by atoms with Crippen molar-refractivity contribution in [3.8, 4) is 0 Å². The van der Waals surface area contributed by atoms with Crippen LogP contribution in [0.15, 0.2) is 0 Å². The lowest BCUT2D eigenvalue weighted by molar-refractivity contribution is -0.0231. The minimum absolute atomic E-state index is 0.00518. The van der Waals surface area contributed by atoms with Crippen LogP contribution in [-0.2, 0) is 14.8 Å². The number of morpholine rings is 1. The van der Waals surface area contributed by atoms with Crippen LogP contribution in [0.25, 0.3) is 0 Å². The van der Waals surface area contributed by atoms with E-state index in [0.29, 0.717) is 24.8 Å². The second kappa shape index (κ2) is 6.52. The number of sulfonamides is 1. The van der Waals surface area contributed by atoms with Crippen LogP contribution in [0.5, 0.6) is 0 Å². The van der Waals surface area contributed by atoms with Crippen LogP contribution >= 0.6 is 0 Å². The van der Waals surface area contributed by atoms with Crippen LogP contribution in [0.2, 0.25) is 0 Å². The molecular formula is C13H26N2O3S. The molecule has 2 heterocycles. The molecule has 2 aliphatic heterocycles. The summed E-state index contributed by atoms with van der Waals surface area (Å²) >= 11 is 0. The van der Waals surface area contributed by atoms with Gasteiger partial charge < -0.3 is 10.1 Å². The first kappa shape index (κ1) is 15.2. The molecule has 0 aliphatic carbocycles. The molecule has 2 saturated heterocycles. The smallest absolute Gasteiger partial charge is 0.214 e. The van der Waals surface area contributed by atoms with Gasteiger partial charge in [0.1, 0.15) is 0 Å². The van der Waals surface area contributed by atoms with Gasteiger partial charge in [-0.15, -0.1) is 0 Å². The first-order valence-corrected chi connectivity index (χ1v) is 8.95. The molecule has 0 bridgehead atoms. The van der Waals surface area contributed by atoms with E-state index < -0.39 is 10.0 Å². The topological polar surface area (TPSA) is 58.6 Å². The molecule has 0 saturated carbocycles. The molecule has 19 heavy (non-hydrogen) atoms. The highest BCUT2D eigenvalue weighted by atomic mass is 32.2. The van der Waals surface area contributed by atoms with Crippen molar-refractivity contribution in [2.24, 2.45) is 5.92 Å². The lowest BCUT2D eigenvalue weighted by Gasteiger charge is -2.38. The Labute approximate surface area is 116 Å². The van der Waals surface area contributed by atoms with Crippen molar-refractivity contribution in [1.82, 2.24) is 9.62 Å². The molecule has 0 amide bonds. The summed E-state index contributed by atoms with van der Waals surface area (Å²) in [5.41, 5.74) is 0. The highest BCUT2D eigenvalue weighted by Crippen LogP contribution is 2.22. The maximum absolute atomic E-state index is 12.6. The van der Waals surface area contributed by atoms with Gasteiger partial charge in [0.15, 0.2) is 0 Å². The maximum atomic E-state index is 12.6. The summed E-state index contributed by atoms with van der Waals surface area (Å²) in [4.78, 5) is 0. The zero-order chi connectivity index (χ0) is 13.9. The average Bonchev–Trinajstić information content (AvgIpc) is 2.39. The van der Waals surface area contributed by atoms with Crippen molar-refractivity contribution in [2.75, 3.05) is 32.0 Å². The molecule has 2 fully saturated rings. The van der Waals surface area contributed by atoms with E-state index in [1.54, 1.807) is 4.31 Å². The third kappa shape index (κ3) is 3.90. The van der Waals surface area contributed by atoms with Crippen LogP contribution < -0.4 is 5.32 Å². The lowest BCUT2D eigenvalue weighted by Crippen LogP contribution is -2.52. The van der Waals surface area contributed by atoms with Crippen molar-refractivity contribution < 1.29 is 13.2 Å². The molecular weight excluding hydrogens is 264 g/mol. The summed E-state index contributed by atoms with van der Waals surface area (Å²) in [7, 11) is -3.15. The molecule has 2 aliphatic rings. The molecule has 6 heteroatoms. The fourth-order valence-corrected chi connectivity index (χ4v) is 5.14. The summed E-state index contributed by atoms with van der Waals surface area (Å²) in [6.45, 7) is 6.89. The van der Waals surface area contributed by atoms with Crippen molar-refractivity contribution in [3.05, 3.63) is 0 Å². The minimum atomic E-state index is -3.15. The molecule has 0 spiro atoms. The van der Waals surface area contributed by atoms with Crippen LogP contribution in [0.1, 0.15) is 33.1 Å². The Morgan fingerprint density at radius 3 is 2.63 bits per heavy atom. The van der Waals surface area contributed by atoms with E-state index in [9.17, 15) is 8.42 Å². The summed E-state index contributed by atoms with van der Waals surface area (Å²) in [6.07, 6.45) is 2.76. The number of nitrogens with one attached hydrogen (secondary N) is 1.